The van der Waals surface area contributed by atoms with Crippen molar-refractivity contribution in [3.63, 3.8) is 0 Å². The van der Waals surface area contributed by atoms with Crippen molar-refractivity contribution in [3.05, 3.63) is 33.8 Å². The summed E-state index contributed by atoms with van der Waals surface area (Å²) in [6, 6.07) is 0. The first kappa shape index (κ1) is 26.4. The van der Waals surface area contributed by atoms with Crippen LogP contribution in [0.1, 0.15) is 70.5 Å². The van der Waals surface area contributed by atoms with Crippen molar-refractivity contribution < 1.29 is 24.5 Å². The molecule has 0 bridgehead atoms. The van der Waals surface area contributed by atoms with Gasteiger partial charge in [-0.2, -0.15) is 0 Å². The Hall–Kier alpha value is -1.83. The molecule has 0 unspecified atom stereocenters. The summed E-state index contributed by atoms with van der Waals surface area (Å²) >= 11 is 1.56. The fraction of sp³-hybridized carbons (Fsp3) is 0.640. The second-order valence-electron chi connectivity index (χ2n) is 9.02. The lowest BCUT2D eigenvalue weighted by atomic mass is 9.81. The van der Waals surface area contributed by atoms with Gasteiger partial charge in [0.25, 0.3) is 0 Å². The van der Waals surface area contributed by atoms with Gasteiger partial charge in [-0.1, -0.05) is 32.9 Å². The van der Waals surface area contributed by atoms with E-state index in [1.165, 1.54) is 0 Å². The number of carbonyl (C=O) groups excluding carboxylic acids is 2. The summed E-state index contributed by atoms with van der Waals surface area (Å²) in [6.45, 7) is 9.10. The van der Waals surface area contributed by atoms with Gasteiger partial charge in [0.15, 0.2) is 0 Å². The van der Waals surface area contributed by atoms with Crippen LogP contribution in [0.4, 0.5) is 0 Å². The second-order valence-corrected chi connectivity index (χ2v) is 10.1. The molecule has 0 radical (unpaired) electrons. The molecule has 0 saturated carbocycles. The van der Waals surface area contributed by atoms with E-state index < -0.39 is 36.1 Å². The van der Waals surface area contributed by atoms with Crippen LogP contribution in [-0.4, -0.2) is 45.3 Å². The molecule has 0 fully saturated rings. The molecule has 2 N–H and O–H groups in total. The number of nitrogens with zero attached hydrogens (tertiary/aromatic N) is 1. The summed E-state index contributed by atoms with van der Waals surface area (Å²) in [5.41, 5.74) is 1.70. The summed E-state index contributed by atoms with van der Waals surface area (Å²) in [5.74, 6) is -2.17. The molecule has 2 heterocycles. The van der Waals surface area contributed by atoms with Crippen LogP contribution in [0.25, 0.3) is 6.08 Å². The fourth-order valence-corrected chi connectivity index (χ4v) is 4.56. The standard InChI is InChI=1S/C25H37NO5S/c1-15-10-8-6-7-9-11-22(16(2)12-20-14-32-19(5)26-20)31-23(28)13-21(27)17(3)25(30)18(4)24(15)29/h7,9,12,14-15,17-18,21-22,24,27,29H,6,8,10-11,13H2,1-5H3/b9-7+,16-12+/t15-,17-,18+,21-,22-,24-/m0/s1. The maximum Gasteiger partial charge on any atom is 0.309 e. The van der Waals surface area contributed by atoms with E-state index in [1.807, 2.05) is 38.3 Å². The van der Waals surface area contributed by atoms with Crippen molar-refractivity contribution in [2.24, 2.45) is 17.8 Å². The number of ether oxygens (including phenoxy) is 1. The number of allylic oxidation sites excluding steroid dienone is 1. The van der Waals surface area contributed by atoms with Crippen molar-refractivity contribution in [3.8, 4) is 0 Å². The summed E-state index contributed by atoms with van der Waals surface area (Å²) in [7, 11) is 0. The monoisotopic (exact) mass is 463 g/mol. The molecule has 0 aliphatic carbocycles. The Labute approximate surface area is 195 Å². The van der Waals surface area contributed by atoms with Gasteiger partial charge in [0.05, 0.1) is 29.3 Å². The molecule has 32 heavy (non-hydrogen) atoms. The van der Waals surface area contributed by atoms with Crippen molar-refractivity contribution in [2.75, 3.05) is 0 Å². The summed E-state index contributed by atoms with van der Waals surface area (Å²) < 4.78 is 5.71. The molecule has 1 aromatic heterocycles. The molecule has 1 aromatic rings. The Bertz CT molecular complexity index is 830. The van der Waals surface area contributed by atoms with Crippen molar-refractivity contribution in [1.29, 1.82) is 0 Å². The zero-order valence-electron chi connectivity index (χ0n) is 19.8. The first-order chi connectivity index (χ1) is 15.1. The normalized spacial score (nSPS) is 33.0. The molecule has 0 saturated heterocycles. The Kier molecular flexibility index (Phi) is 10.3. The van der Waals surface area contributed by atoms with E-state index in [9.17, 15) is 19.8 Å². The number of aromatic nitrogens is 1. The van der Waals surface area contributed by atoms with Gasteiger partial charge in [-0.25, -0.2) is 4.98 Å². The Morgan fingerprint density at radius 2 is 1.91 bits per heavy atom. The van der Waals surface area contributed by atoms with Crippen LogP contribution in [-0.2, 0) is 14.3 Å². The molecule has 1 aliphatic heterocycles. The maximum absolute atomic E-state index is 12.8. The molecular formula is C25H37NO5S. The number of carbonyl (C=O) groups is 2. The maximum atomic E-state index is 12.8. The molecule has 178 valence electrons. The molecule has 6 atom stereocenters. The average Bonchev–Trinajstić information content (AvgIpc) is 3.16. The first-order valence-corrected chi connectivity index (χ1v) is 12.3. The largest absolute Gasteiger partial charge is 0.457 e. The smallest absolute Gasteiger partial charge is 0.309 e. The number of ketones is 1. The van der Waals surface area contributed by atoms with Crippen LogP contribution < -0.4 is 0 Å². The van der Waals surface area contributed by atoms with Gasteiger partial charge in [0.2, 0.25) is 0 Å². The molecular weight excluding hydrogens is 426 g/mol. The van der Waals surface area contributed by atoms with Crippen molar-refractivity contribution in [2.45, 2.75) is 85.0 Å². The number of aliphatic hydroxyl groups is 2. The van der Waals surface area contributed by atoms with Crippen LogP contribution in [0.15, 0.2) is 23.1 Å². The van der Waals surface area contributed by atoms with E-state index in [1.54, 1.807) is 25.2 Å². The zero-order chi connectivity index (χ0) is 23.8. The SMILES string of the molecule is C/C(=C\c1csc(C)n1)[C@@H]1C/C=C/CCC[C@H](C)[C@H](O)[C@@H](C)C(=O)[C@@H](C)[C@@H](O)CC(=O)O1. The summed E-state index contributed by atoms with van der Waals surface area (Å²) in [4.78, 5) is 29.8. The van der Waals surface area contributed by atoms with Gasteiger partial charge < -0.3 is 14.9 Å². The van der Waals surface area contributed by atoms with Gasteiger partial charge in [0, 0.05) is 23.6 Å². The Morgan fingerprint density at radius 1 is 1.19 bits per heavy atom. The van der Waals surface area contributed by atoms with Gasteiger partial charge in [0.1, 0.15) is 11.9 Å². The van der Waals surface area contributed by atoms with Gasteiger partial charge >= 0.3 is 5.97 Å². The Morgan fingerprint density at radius 3 is 2.56 bits per heavy atom. The summed E-state index contributed by atoms with van der Waals surface area (Å²) in [5, 5.41) is 24.0. The lowest BCUT2D eigenvalue weighted by molar-refractivity contribution is -0.151. The summed E-state index contributed by atoms with van der Waals surface area (Å²) in [6.07, 6.45) is 6.41. The highest BCUT2D eigenvalue weighted by atomic mass is 32.1. The number of aryl methyl sites for hydroxylation is 1. The number of thiazole rings is 1. The molecule has 6 nitrogen and oxygen atoms in total. The Balaban J connectivity index is 2.21. The topological polar surface area (TPSA) is 96.7 Å². The molecule has 2 rings (SSSR count). The van der Waals surface area contributed by atoms with Gasteiger partial charge in [-0.3, -0.25) is 9.59 Å². The minimum atomic E-state index is -1.16. The van der Waals surface area contributed by atoms with Gasteiger partial charge in [-0.15, -0.1) is 11.3 Å². The number of cyclic esters (lactones) is 1. The number of hydrogen-bond acceptors (Lipinski definition) is 7. The van der Waals surface area contributed by atoms with E-state index in [-0.39, 0.29) is 18.1 Å². The van der Waals surface area contributed by atoms with Crippen LogP contribution >= 0.6 is 11.3 Å². The quantitative estimate of drug-likeness (QED) is 0.496. The average molecular weight is 464 g/mol. The van der Waals surface area contributed by atoms with Crippen LogP contribution in [0.5, 0.6) is 0 Å². The van der Waals surface area contributed by atoms with E-state index in [2.05, 4.69) is 11.1 Å². The number of Topliss-reactive ketones (excluding diaryl/α,β-unsaturated/α-hetero) is 1. The van der Waals surface area contributed by atoms with Crippen molar-refractivity contribution in [1.82, 2.24) is 4.98 Å². The molecule has 1 aliphatic rings. The zero-order valence-corrected chi connectivity index (χ0v) is 20.6. The highest BCUT2D eigenvalue weighted by molar-refractivity contribution is 7.09. The van der Waals surface area contributed by atoms with Gasteiger partial charge in [-0.05, 0) is 50.7 Å². The highest BCUT2D eigenvalue weighted by Gasteiger charge is 2.34. The first-order valence-electron chi connectivity index (χ1n) is 11.4. The van der Waals surface area contributed by atoms with Crippen LogP contribution in [0, 0.1) is 24.7 Å². The van der Waals surface area contributed by atoms with E-state index in [0.29, 0.717) is 6.42 Å². The van der Waals surface area contributed by atoms with E-state index in [4.69, 9.17) is 4.74 Å². The second kappa shape index (κ2) is 12.4. The fourth-order valence-electron chi connectivity index (χ4n) is 3.99. The van der Waals surface area contributed by atoms with E-state index in [0.717, 1.165) is 35.5 Å². The minimum absolute atomic E-state index is 0.0240. The predicted molar refractivity (Wildman–Crippen MR) is 127 cm³/mol. The number of hydrogen-bond donors (Lipinski definition) is 2. The number of esters is 1. The van der Waals surface area contributed by atoms with Crippen molar-refractivity contribution >= 4 is 29.2 Å². The van der Waals surface area contributed by atoms with E-state index >= 15 is 0 Å². The molecule has 0 aromatic carbocycles. The lowest BCUT2D eigenvalue weighted by Crippen LogP contribution is -2.39. The number of rotatable bonds is 2. The third kappa shape index (κ3) is 7.64. The minimum Gasteiger partial charge on any atom is -0.457 e. The highest BCUT2D eigenvalue weighted by Crippen LogP contribution is 2.25. The number of aliphatic hydroxyl groups excluding tert-OH is 2. The van der Waals surface area contributed by atoms with Crippen LogP contribution in [0.3, 0.4) is 0 Å². The molecule has 7 heteroatoms. The molecule has 0 spiro atoms. The third-order valence-corrected chi connectivity index (χ3v) is 7.08. The van der Waals surface area contributed by atoms with Crippen LogP contribution in [0.2, 0.25) is 0 Å². The third-order valence-electron chi connectivity index (χ3n) is 6.29. The molecule has 0 amide bonds. The predicted octanol–water partition coefficient (Wildman–Crippen LogP) is 4.49. The lowest BCUT2D eigenvalue weighted by Gasteiger charge is -2.28.